The van der Waals surface area contributed by atoms with Crippen molar-refractivity contribution in [2.45, 2.75) is 90.8 Å². The van der Waals surface area contributed by atoms with Crippen LogP contribution in [0.1, 0.15) is 73.1 Å². The smallest absolute Gasteiger partial charge is 0.407 e. The van der Waals surface area contributed by atoms with E-state index in [4.69, 9.17) is 4.74 Å². The summed E-state index contributed by atoms with van der Waals surface area (Å²) in [6, 6.07) is 0.773. The summed E-state index contributed by atoms with van der Waals surface area (Å²) in [4.78, 5) is 11.6. The van der Waals surface area contributed by atoms with Gasteiger partial charge in [-0.2, -0.15) is 0 Å². The molecule has 4 heteroatoms. The van der Waals surface area contributed by atoms with Gasteiger partial charge in [-0.05, 0) is 53.4 Å². The molecule has 1 amide bonds. The fraction of sp³-hybridized carbons (Fsp3) is 0.941. The van der Waals surface area contributed by atoms with Gasteiger partial charge in [0.05, 0.1) is 0 Å². The van der Waals surface area contributed by atoms with E-state index in [-0.39, 0.29) is 12.1 Å². The zero-order chi connectivity index (χ0) is 15.9. The molecule has 124 valence electrons. The minimum atomic E-state index is -0.436. The van der Waals surface area contributed by atoms with Gasteiger partial charge in [0.25, 0.3) is 0 Å². The SMILES string of the molecule is CC(CNC(=O)OC(C)(C)C)N[C@H](C)C1CCCCCC1. The van der Waals surface area contributed by atoms with E-state index in [1.54, 1.807) is 0 Å². The third-order valence-corrected chi connectivity index (χ3v) is 4.11. The van der Waals surface area contributed by atoms with Crippen LogP contribution < -0.4 is 10.6 Å². The molecular weight excluding hydrogens is 264 g/mol. The first-order valence-corrected chi connectivity index (χ1v) is 8.51. The molecule has 0 aromatic rings. The van der Waals surface area contributed by atoms with E-state index in [0.29, 0.717) is 12.6 Å². The lowest BCUT2D eigenvalue weighted by Crippen LogP contribution is -2.46. The number of carbonyl (C=O) groups excluding carboxylic acids is 1. The summed E-state index contributed by atoms with van der Waals surface area (Å²) < 4.78 is 5.25. The number of hydrogen-bond donors (Lipinski definition) is 2. The molecule has 0 aliphatic heterocycles. The van der Waals surface area contributed by atoms with Crippen LogP contribution in [-0.4, -0.2) is 30.3 Å². The van der Waals surface area contributed by atoms with Crippen LogP contribution in [0.25, 0.3) is 0 Å². The molecule has 0 bridgehead atoms. The molecule has 2 N–H and O–H groups in total. The lowest BCUT2D eigenvalue weighted by atomic mass is 9.92. The van der Waals surface area contributed by atoms with Crippen LogP contribution in [0, 0.1) is 5.92 Å². The van der Waals surface area contributed by atoms with Gasteiger partial charge in [-0.25, -0.2) is 4.79 Å². The number of nitrogens with one attached hydrogen (secondary N) is 2. The summed E-state index contributed by atoms with van der Waals surface area (Å²) in [6.45, 7) is 10.6. The fourth-order valence-corrected chi connectivity index (χ4v) is 3.01. The molecule has 0 spiro atoms. The maximum absolute atomic E-state index is 11.6. The maximum Gasteiger partial charge on any atom is 0.407 e. The second-order valence-electron chi connectivity index (χ2n) is 7.49. The Balaban J connectivity index is 2.25. The summed E-state index contributed by atoms with van der Waals surface area (Å²) >= 11 is 0. The number of amides is 1. The predicted octanol–water partition coefficient (Wildman–Crippen LogP) is 3.85. The summed E-state index contributed by atoms with van der Waals surface area (Å²) in [5.74, 6) is 0.775. The van der Waals surface area contributed by atoms with Crippen molar-refractivity contribution in [3.05, 3.63) is 0 Å². The van der Waals surface area contributed by atoms with E-state index in [2.05, 4.69) is 24.5 Å². The average Bonchev–Trinajstić information content (AvgIpc) is 2.63. The van der Waals surface area contributed by atoms with Gasteiger partial charge in [0.2, 0.25) is 0 Å². The van der Waals surface area contributed by atoms with Gasteiger partial charge in [0.15, 0.2) is 0 Å². The Labute approximate surface area is 130 Å². The average molecular weight is 298 g/mol. The van der Waals surface area contributed by atoms with Gasteiger partial charge >= 0.3 is 6.09 Å². The maximum atomic E-state index is 11.6. The van der Waals surface area contributed by atoms with Crippen LogP contribution in [0.4, 0.5) is 4.79 Å². The van der Waals surface area contributed by atoms with Crippen LogP contribution >= 0.6 is 0 Å². The molecule has 1 fully saturated rings. The van der Waals surface area contributed by atoms with Gasteiger partial charge in [-0.15, -0.1) is 0 Å². The van der Waals surface area contributed by atoms with Gasteiger partial charge in [-0.3, -0.25) is 0 Å². The van der Waals surface area contributed by atoms with Crippen molar-refractivity contribution in [2.24, 2.45) is 5.92 Å². The number of hydrogen-bond acceptors (Lipinski definition) is 3. The molecule has 1 saturated carbocycles. The molecule has 1 aliphatic rings. The quantitative estimate of drug-likeness (QED) is 0.758. The molecule has 1 rings (SSSR count). The first-order chi connectivity index (χ1) is 9.78. The van der Waals surface area contributed by atoms with E-state index < -0.39 is 5.60 Å². The van der Waals surface area contributed by atoms with E-state index in [9.17, 15) is 4.79 Å². The molecule has 0 aromatic heterocycles. The van der Waals surface area contributed by atoms with Crippen molar-refractivity contribution in [1.82, 2.24) is 10.6 Å². The van der Waals surface area contributed by atoms with Crippen molar-refractivity contribution in [3.8, 4) is 0 Å². The molecule has 21 heavy (non-hydrogen) atoms. The van der Waals surface area contributed by atoms with Crippen molar-refractivity contribution in [3.63, 3.8) is 0 Å². The molecule has 0 aromatic carbocycles. The van der Waals surface area contributed by atoms with Gasteiger partial charge in [0.1, 0.15) is 5.60 Å². The Hall–Kier alpha value is -0.770. The Morgan fingerprint density at radius 1 is 1.14 bits per heavy atom. The number of carbonyl (C=O) groups is 1. The molecule has 0 radical (unpaired) electrons. The third-order valence-electron chi connectivity index (χ3n) is 4.11. The molecule has 4 nitrogen and oxygen atoms in total. The van der Waals surface area contributed by atoms with Gasteiger partial charge in [0, 0.05) is 18.6 Å². The topological polar surface area (TPSA) is 50.4 Å². The van der Waals surface area contributed by atoms with Crippen LogP contribution in [-0.2, 0) is 4.74 Å². The zero-order valence-electron chi connectivity index (χ0n) is 14.5. The summed E-state index contributed by atoms with van der Waals surface area (Å²) in [5.41, 5.74) is -0.436. The molecule has 1 aliphatic carbocycles. The fourth-order valence-electron chi connectivity index (χ4n) is 3.01. The molecule has 1 unspecified atom stereocenters. The van der Waals surface area contributed by atoms with E-state index in [1.807, 2.05) is 20.8 Å². The lowest BCUT2D eigenvalue weighted by Gasteiger charge is -2.27. The predicted molar refractivity (Wildman–Crippen MR) is 87.5 cm³/mol. The largest absolute Gasteiger partial charge is 0.444 e. The Morgan fingerprint density at radius 3 is 2.24 bits per heavy atom. The molecule has 0 saturated heterocycles. The van der Waals surface area contributed by atoms with E-state index in [0.717, 1.165) is 5.92 Å². The Bertz CT molecular complexity index is 304. The Kier molecular flexibility index (Phi) is 7.50. The highest BCUT2D eigenvalue weighted by Crippen LogP contribution is 2.25. The highest BCUT2D eigenvalue weighted by Gasteiger charge is 2.21. The van der Waals surface area contributed by atoms with Crippen LogP contribution in [0.2, 0.25) is 0 Å². The first kappa shape index (κ1) is 18.3. The van der Waals surface area contributed by atoms with Crippen molar-refractivity contribution >= 4 is 6.09 Å². The summed E-state index contributed by atoms with van der Waals surface area (Å²) in [7, 11) is 0. The zero-order valence-corrected chi connectivity index (χ0v) is 14.5. The molecular formula is C17H34N2O2. The standard InChI is InChI=1S/C17H34N2O2/c1-13(12-18-16(20)21-17(3,4)5)19-14(2)15-10-8-6-7-9-11-15/h13-15,19H,6-12H2,1-5H3,(H,18,20)/t13?,14-/m1/s1. The van der Waals surface area contributed by atoms with Crippen molar-refractivity contribution in [1.29, 1.82) is 0 Å². The van der Waals surface area contributed by atoms with E-state index in [1.165, 1.54) is 38.5 Å². The first-order valence-electron chi connectivity index (χ1n) is 8.51. The van der Waals surface area contributed by atoms with Crippen LogP contribution in [0.5, 0.6) is 0 Å². The van der Waals surface area contributed by atoms with Crippen molar-refractivity contribution in [2.75, 3.05) is 6.54 Å². The minimum absolute atomic E-state index is 0.260. The summed E-state index contributed by atoms with van der Waals surface area (Å²) in [5, 5.41) is 6.46. The number of alkyl carbamates (subject to hydrolysis) is 1. The third kappa shape index (κ3) is 8.30. The highest BCUT2D eigenvalue weighted by molar-refractivity contribution is 5.67. The number of ether oxygens (including phenoxy) is 1. The number of rotatable bonds is 5. The van der Waals surface area contributed by atoms with Gasteiger partial charge in [-0.1, -0.05) is 25.7 Å². The van der Waals surface area contributed by atoms with Crippen molar-refractivity contribution < 1.29 is 9.53 Å². The molecule has 0 heterocycles. The second kappa shape index (κ2) is 8.62. The van der Waals surface area contributed by atoms with E-state index >= 15 is 0 Å². The Morgan fingerprint density at radius 2 is 1.71 bits per heavy atom. The molecule has 2 atom stereocenters. The highest BCUT2D eigenvalue weighted by atomic mass is 16.6. The van der Waals surface area contributed by atoms with Gasteiger partial charge < -0.3 is 15.4 Å². The van der Waals surface area contributed by atoms with Crippen LogP contribution in [0.3, 0.4) is 0 Å². The summed E-state index contributed by atoms with van der Waals surface area (Å²) in [6.07, 6.45) is 7.83. The lowest BCUT2D eigenvalue weighted by molar-refractivity contribution is 0.0522. The second-order valence-corrected chi connectivity index (χ2v) is 7.49. The van der Waals surface area contributed by atoms with Crippen LogP contribution in [0.15, 0.2) is 0 Å². The normalized spacial score (nSPS) is 20.4. The monoisotopic (exact) mass is 298 g/mol. The minimum Gasteiger partial charge on any atom is -0.444 e.